The smallest absolute Gasteiger partial charge is 0.151 e. The van der Waals surface area contributed by atoms with E-state index in [0.29, 0.717) is 6.04 Å². The first-order valence-electron chi connectivity index (χ1n) is 7.01. The summed E-state index contributed by atoms with van der Waals surface area (Å²) in [5.74, 6) is 1.83. The van der Waals surface area contributed by atoms with Crippen LogP contribution in [0.3, 0.4) is 0 Å². The number of ether oxygens (including phenoxy) is 1. The van der Waals surface area contributed by atoms with Crippen LogP contribution in [-0.2, 0) is 19.9 Å². The molecule has 0 aliphatic heterocycles. The van der Waals surface area contributed by atoms with Gasteiger partial charge in [-0.05, 0) is 36.1 Å². The van der Waals surface area contributed by atoms with E-state index in [1.807, 2.05) is 13.1 Å². The van der Waals surface area contributed by atoms with Crippen LogP contribution in [0.15, 0.2) is 24.5 Å². The van der Waals surface area contributed by atoms with Crippen LogP contribution in [0.1, 0.15) is 29.4 Å². The van der Waals surface area contributed by atoms with Crippen molar-refractivity contribution in [3.05, 3.63) is 41.5 Å². The minimum atomic E-state index is 0.420. The molecule has 3 rings (SSSR count). The fourth-order valence-corrected chi connectivity index (χ4v) is 2.78. The second kappa shape index (κ2) is 5.63. The molecule has 2 aromatic rings. The van der Waals surface area contributed by atoms with Crippen LogP contribution in [0.4, 0.5) is 0 Å². The molecule has 1 N–H and O–H groups in total. The maximum atomic E-state index is 5.31. The Balaban J connectivity index is 1.60. The Morgan fingerprint density at radius 1 is 1.45 bits per heavy atom. The molecule has 1 aromatic carbocycles. The van der Waals surface area contributed by atoms with Gasteiger partial charge in [-0.15, -0.1) is 0 Å². The lowest BCUT2D eigenvalue weighted by Gasteiger charge is -2.14. The number of hydrogen-bond acceptors (Lipinski definition) is 4. The van der Waals surface area contributed by atoms with Crippen molar-refractivity contribution in [2.75, 3.05) is 13.7 Å². The molecule has 20 heavy (non-hydrogen) atoms. The van der Waals surface area contributed by atoms with Crippen molar-refractivity contribution in [3.63, 3.8) is 0 Å². The molecule has 0 saturated carbocycles. The number of nitrogens with one attached hydrogen (secondary N) is 1. The molecule has 1 unspecified atom stereocenters. The van der Waals surface area contributed by atoms with E-state index in [1.54, 1.807) is 18.1 Å². The van der Waals surface area contributed by atoms with Gasteiger partial charge in [0.2, 0.25) is 0 Å². The van der Waals surface area contributed by atoms with Crippen LogP contribution in [0.25, 0.3) is 0 Å². The predicted octanol–water partition coefficient (Wildman–Crippen LogP) is 1.64. The highest BCUT2D eigenvalue weighted by molar-refractivity contribution is 5.40. The number of aromatic nitrogens is 3. The number of hydrogen-bond donors (Lipinski definition) is 1. The molecular weight excluding hydrogens is 252 g/mol. The lowest BCUT2D eigenvalue weighted by molar-refractivity contribution is 0.413. The van der Waals surface area contributed by atoms with Gasteiger partial charge in [0, 0.05) is 26.1 Å². The third-order valence-electron chi connectivity index (χ3n) is 3.82. The lowest BCUT2D eigenvalue weighted by Crippen LogP contribution is -2.22. The molecule has 1 aromatic heterocycles. The van der Waals surface area contributed by atoms with Crippen LogP contribution in [0.2, 0.25) is 0 Å². The molecular formula is C15H20N4O. The van der Waals surface area contributed by atoms with Crippen molar-refractivity contribution < 1.29 is 4.74 Å². The summed E-state index contributed by atoms with van der Waals surface area (Å²) >= 11 is 0. The maximum absolute atomic E-state index is 5.31. The first kappa shape index (κ1) is 13.1. The highest BCUT2D eigenvalue weighted by Crippen LogP contribution is 2.33. The van der Waals surface area contributed by atoms with Gasteiger partial charge < -0.3 is 10.1 Å². The van der Waals surface area contributed by atoms with Crippen molar-refractivity contribution in [1.82, 2.24) is 20.1 Å². The minimum absolute atomic E-state index is 0.420. The van der Waals surface area contributed by atoms with E-state index in [-0.39, 0.29) is 0 Å². The molecule has 0 spiro atoms. The van der Waals surface area contributed by atoms with Gasteiger partial charge in [-0.2, -0.15) is 5.10 Å². The van der Waals surface area contributed by atoms with E-state index < -0.39 is 0 Å². The Morgan fingerprint density at radius 3 is 3.10 bits per heavy atom. The topological polar surface area (TPSA) is 52.0 Å². The Morgan fingerprint density at radius 2 is 2.35 bits per heavy atom. The van der Waals surface area contributed by atoms with Gasteiger partial charge in [0.15, 0.2) is 5.82 Å². The first-order chi connectivity index (χ1) is 9.76. The fourth-order valence-electron chi connectivity index (χ4n) is 2.78. The van der Waals surface area contributed by atoms with E-state index >= 15 is 0 Å². The van der Waals surface area contributed by atoms with Crippen LogP contribution in [0, 0.1) is 0 Å². The normalized spacial score (nSPS) is 17.2. The van der Waals surface area contributed by atoms with Crippen LogP contribution >= 0.6 is 0 Å². The number of rotatable bonds is 5. The molecule has 0 fully saturated rings. The van der Waals surface area contributed by atoms with E-state index in [0.717, 1.165) is 37.4 Å². The Kier molecular flexibility index (Phi) is 3.69. The second-order valence-corrected chi connectivity index (χ2v) is 5.19. The SMILES string of the molecule is COc1ccc2c(c1)C(NCCc1ncn(C)n1)CC2. The van der Waals surface area contributed by atoms with Crippen molar-refractivity contribution in [3.8, 4) is 5.75 Å². The molecule has 1 heterocycles. The molecule has 5 heteroatoms. The van der Waals surface area contributed by atoms with Crippen LogP contribution in [0.5, 0.6) is 5.75 Å². The summed E-state index contributed by atoms with van der Waals surface area (Å²) in [5.41, 5.74) is 2.80. The molecule has 0 amide bonds. The number of nitrogens with zero attached hydrogens (tertiary/aromatic N) is 3. The van der Waals surface area contributed by atoms with Gasteiger partial charge in [-0.3, -0.25) is 4.68 Å². The summed E-state index contributed by atoms with van der Waals surface area (Å²) < 4.78 is 7.05. The maximum Gasteiger partial charge on any atom is 0.151 e. The third kappa shape index (κ3) is 2.67. The number of methoxy groups -OCH3 is 1. The largest absolute Gasteiger partial charge is 0.497 e. The standard InChI is InChI=1S/C15H20N4O/c1-19-10-17-15(18-19)7-8-16-14-6-4-11-3-5-12(20-2)9-13(11)14/h3,5,9-10,14,16H,4,6-8H2,1-2H3. The summed E-state index contributed by atoms with van der Waals surface area (Å²) in [6.45, 7) is 0.894. The van der Waals surface area contributed by atoms with Crippen LogP contribution in [-0.4, -0.2) is 28.4 Å². The van der Waals surface area contributed by atoms with E-state index in [1.165, 1.54) is 11.1 Å². The zero-order valence-electron chi connectivity index (χ0n) is 12.0. The Hall–Kier alpha value is -1.88. The van der Waals surface area contributed by atoms with Crippen LogP contribution < -0.4 is 10.1 Å². The molecule has 1 atom stereocenters. The summed E-state index contributed by atoms with van der Waals surface area (Å²) in [6.07, 6.45) is 4.89. The van der Waals surface area contributed by atoms with E-state index in [4.69, 9.17) is 4.74 Å². The van der Waals surface area contributed by atoms with Gasteiger partial charge in [0.25, 0.3) is 0 Å². The van der Waals surface area contributed by atoms with Gasteiger partial charge in [-0.1, -0.05) is 6.07 Å². The average Bonchev–Trinajstić information content (AvgIpc) is 3.05. The summed E-state index contributed by atoms with van der Waals surface area (Å²) in [5, 5.41) is 7.89. The number of aryl methyl sites for hydroxylation is 2. The predicted molar refractivity (Wildman–Crippen MR) is 76.8 cm³/mol. The van der Waals surface area contributed by atoms with Crippen molar-refractivity contribution >= 4 is 0 Å². The molecule has 1 aliphatic carbocycles. The third-order valence-corrected chi connectivity index (χ3v) is 3.82. The molecule has 1 aliphatic rings. The summed E-state index contributed by atoms with van der Waals surface area (Å²) in [7, 11) is 3.61. The first-order valence-corrected chi connectivity index (χ1v) is 7.01. The monoisotopic (exact) mass is 272 g/mol. The Labute approximate surface area is 119 Å². The van der Waals surface area contributed by atoms with Gasteiger partial charge in [0.1, 0.15) is 12.1 Å². The lowest BCUT2D eigenvalue weighted by atomic mass is 10.1. The minimum Gasteiger partial charge on any atom is -0.497 e. The highest BCUT2D eigenvalue weighted by Gasteiger charge is 2.22. The van der Waals surface area contributed by atoms with Gasteiger partial charge in [0.05, 0.1) is 7.11 Å². The fraction of sp³-hybridized carbons (Fsp3) is 0.467. The average molecular weight is 272 g/mol. The quantitative estimate of drug-likeness (QED) is 0.899. The van der Waals surface area contributed by atoms with E-state index in [2.05, 4.69) is 27.5 Å². The van der Waals surface area contributed by atoms with Gasteiger partial charge >= 0.3 is 0 Å². The number of benzene rings is 1. The molecule has 5 nitrogen and oxygen atoms in total. The number of fused-ring (bicyclic) bond motifs is 1. The zero-order chi connectivity index (χ0) is 13.9. The Bertz CT molecular complexity index is 593. The highest BCUT2D eigenvalue weighted by atomic mass is 16.5. The zero-order valence-corrected chi connectivity index (χ0v) is 12.0. The van der Waals surface area contributed by atoms with Crippen molar-refractivity contribution in [1.29, 1.82) is 0 Å². The summed E-state index contributed by atoms with van der Waals surface area (Å²) in [4.78, 5) is 4.24. The summed E-state index contributed by atoms with van der Waals surface area (Å²) in [6, 6.07) is 6.79. The molecule has 0 saturated heterocycles. The van der Waals surface area contributed by atoms with E-state index in [9.17, 15) is 0 Å². The second-order valence-electron chi connectivity index (χ2n) is 5.19. The van der Waals surface area contributed by atoms with Gasteiger partial charge in [-0.25, -0.2) is 4.98 Å². The van der Waals surface area contributed by atoms with Crippen molar-refractivity contribution in [2.24, 2.45) is 7.05 Å². The van der Waals surface area contributed by atoms with Crippen molar-refractivity contribution in [2.45, 2.75) is 25.3 Å². The molecule has 0 bridgehead atoms. The molecule has 106 valence electrons. The molecule has 0 radical (unpaired) electrons.